The Morgan fingerprint density at radius 1 is 0.301 bits per heavy atom. The Morgan fingerprint density at radius 3 is 1.03 bits per heavy atom. The van der Waals surface area contributed by atoms with E-state index in [1.54, 1.807) is 79.8 Å². The minimum absolute atomic E-state index is 0.0558. The zero-order chi connectivity index (χ0) is 99.9. The lowest BCUT2D eigenvalue weighted by Gasteiger charge is -2.28. The molecule has 0 radical (unpaired) electrons. The van der Waals surface area contributed by atoms with E-state index in [9.17, 15) is 35.1 Å². The van der Waals surface area contributed by atoms with E-state index in [0.717, 1.165) is 222 Å². The summed E-state index contributed by atoms with van der Waals surface area (Å²) in [4.78, 5) is 63.3. The third-order valence-corrected chi connectivity index (χ3v) is 27.5. The van der Waals surface area contributed by atoms with Crippen LogP contribution in [-0.4, -0.2) is 198 Å². The summed E-state index contributed by atoms with van der Waals surface area (Å²) in [5.74, 6) is -2.57. The molecule has 0 aliphatic carbocycles. The van der Waals surface area contributed by atoms with Crippen LogP contribution in [0.2, 0.25) is 5.02 Å². The highest BCUT2D eigenvalue weighted by Gasteiger charge is 2.33. The van der Waals surface area contributed by atoms with Gasteiger partial charge in [-0.25, -0.2) is 61.8 Å². The highest BCUT2D eigenvalue weighted by atomic mass is 35.5. The molecule has 0 amide bonds. The lowest BCUT2D eigenvalue weighted by Crippen LogP contribution is -2.31. The van der Waals surface area contributed by atoms with Crippen molar-refractivity contribution in [2.45, 2.75) is 82.7 Å². The molecular formula is C113H97ClF8N24. The van der Waals surface area contributed by atoms with Gasteiger partial charge in [-0.05, 0) is 304 Å². The van der Waals surface area contributed by atoms with Crippen molar-refractivity contribution in [1.82, 2.24) is 119 Å². The van der Waals surface area contributed by atoms with Gasteiger partial charge in [0.2, 0.25) is 0 Å². The number of aromatic nitrogens is 20. The largest absolute Gasteiger partial charge is 0.416 e. The molecule has 4 saturated heterocycles. The van der Waals surface area contributed by atoms with Gasteiger partial charge in [0.05, 0.1) is 78.3 Å². The van der Waals surface area contributed by atoms with Crippen LogP contribution >= 0.6 is 11.6 Å². The number of likely N-dealkylation sites (tertiary alicyclic amines) is 4. The first kappa shape index (κ1) is 96.3. The number of hydrogen-bond acceptors (Lipinski definition) is 20. The number of halogens is 9. The van der Waals surface area contributed by atoms with E-state index in [1.165, 1.54) is 63.2 Å². The lowest BCUT2D eigenvalue weighted by molar-refractivity contribution is -0.137. The molecule has 24 rings (SSSR count). The third kappa shape index (κ3) is 21.8. The maximum atomic E-state index is 14.8. The summed E-state index contributed by atoms with van der Waals surface area (Å²) in [6.45, 7) is 12.6. The molecule has 0 saturated carbocycles. The third-order valence-electron chi connectivity index (χ3n) is 27.3. The van der Waals surface area contributed by atoms with Gasteiger partial charge in [0.25, 0.3) is 0 Å². The molecule has 33 heteroatoms. The van der Waals surface area contributed by atoms with Gasteiger partial charge in [-0.15, -0.1) is 0 Å². The first-order chi connectivity index (χ1) is 71.2. The second kappa shape index (κ2) is 43.0. The van der Waals surface area contributed by atoms with Gasteiger partial charge in [0.1, 0.15) is 29.1 Å². The number of piperidine rings is 2. The summed E-state index contributed by atoms with van der Waals surface area (Å²) in [6, 6.07) is 47.9. The number of nitrogens with zero attached hydrogens (tertiary/aromatic N) is 24. The summed E-state index contributed by atoms with van der Waals surface area (Å²) in [7, 11) is 4.28. The van der Waals surface area contributed by atoms with Gasteiger partial charge < -0.3 is 19.6 Å². The molecule has 4 fully saturated rings. The molecule has 4 aliphatic rings. The van der Waals surface area contributed by atoms with Gasteiger partial charge in [0.15, 0.2) is 22.6 Å². The molecule has 4 aliphatic heterocycles. The van der Waals surface area contributed by atoms with E-state index in [0.29, 0.717) is 84.4 Å². The highest BCUT2D eigenvalue weighted by Crippen LogP contribution is 2.43. The fourth-order valence-electron chi connectivity index (χ4n) is 19.3. The zero-order valence-electron chi connectivity index (χ0n) is 79.7. The first-order valence-electron chi connectivity index (χ1n) is 48.5. The molecule has 0 bridgehead atoms. The van der Waals surface area contributed by atoms with Crippen LogP contribution in [0.5, 0.6) is 0 Å². The Morgan fingerprint density at radius 2 is 0.637 bits per heavy atom. The molecule has 0 atom stereocenters. The van der Waals surface area contributed by atoms with Crippen molar-refractivity contribution in [3.8, 4) is 134 Å². The standard InChI is InChI=1S/C29H24F4N6.C28H24ClFN6.C28H24F2N6.C28H25FN6/c1-38-9-6-22(7-10-38)39-17-20(16-36-39)18-11-19(15-34-14-18)24-13-27(37-28-23(24)3-2-8-35-28)25-12-21(29(31,32)33)4-5-26(25)30;1-35-9-6-22(7-10-35)36-17-20(16-33-36)18-11-19(15-31-14-18)24-13-27(25-12-21(29)4-5-26(25)30)34-28-23(24)3-2-8-32-28;29-22-5-6-26(30)25(13-22)27-14-24(23-4-3-7-32-28(23)34-27)20-12-19(15-31-16-20)21-17-33-36(18-21)11-10-35-8-1-2-9-35;29-26-8-2-1-6-24(26)27-15-25(23-7-5-9-31-28(23)33-27)21-14-20(16-30-17-21)22-18-32-35(19-22)13-12-34-10-3-4-11-34/h2-5,8,11-17,22H,6-7,9-10H2,1H3;2-5,8,11-17,22H,6-7,9-10H2,1H3;3-7,12-18H,1-2,8-11H2;1-2,5-9,14-19H,3-4,10-13H2. The normalized spacial score (nSPS) is 14.6. The Balaban J connectivity index is 0.000000114. The monoisotopic (exact) mass is 1980 g/mol. The van der Waals surface area contributed by atoms with Crippen LogP contribution in [0.4, 0.5) is 35.1 Å². The number of hydrogen-bond donors (Lipinski definition) is 0. The van der Waals surface area contributed by atoms with Crippen molar-refractivity contribution in [3.63, 3.8) is 0 Å². The van der Waals surface area contributed by atoms with Crippen LogP contribution in [0.3, 0.4) is 0 Å². The average molecular weight is 1980 g/mol. The second-order valence-corrected chi connectivity index (χ2v) is 37.5. The van der Waals surface area contributed by atoms with E-state index in [1.807, 2.05) is 149 Å². The lowest BCUT2D eigenvalue weighted by atomic mass is 9.98. The molecule has 0 N–H and O–H groups in total. The summed E-state index contributed by atoms with van der Waals surface area (Å²) >= 11 is 6.17. The average Bonchev–Trinajstić information content (AvgIpc) is 1.69. The van der Waals surface area contributed by atoms with Crippen molar-refractivity contribution in [2.24, 2.45) is 0 Å². The summed E-state index contributed by atoms with van der Waals surface area (Å²) < 4.78 is 121. The molecule has 4 aromatic carbocycles. The second-order valence-electron chi connectivity index (χ2n) is 37.1. The quantitative estimate of drug-likeness (QED) is 0.0644. The fourth-order valence-corrected chi connectivity index (χ4v) is 19.5. The van der Waals surface area contributed by atoms with E-state index < -0.39 is 29.2 Å². The minimum Gasteiger partial charge on any atom is -0.306 e. The molecule has 20 heterocycles. The predicted octanol–water partition coefficient (Wildman–Crippen LogP) is 24.0. The molecule has 16 aromatic heterocycles. The predicted molar refractivity (Wildman–Crippen MR) is 550 cm³/mol. The number of pyridine rings is 12. The fraction of sp³-hybridized carbons (Fsp3) is 0.221. The van der Waals surface area contributed by atoms with Crippen LogP contribution in [0.15, 0.2) is 300 Å². The van der Waals surface area contributed by atoms with Crippen molar-refractivity contribution in [3.05, 3.63) is 340 Å². The molecule has 20 aromatic rings. The van der Waals surface area contributed by atoms with Gasteiger partial charge >= 0.3 is 6.18 Å². The smallest absolute Gasteiger partial charge is 0.306 e. The van der Waals surface area contributed by atoms with Crippen LogP contribution in [-0.2, 0) is 19.3 Å². The molecule has 0 spiro atoms. The maximum absolute atomic E-state index is 14.8. The van der Waals surface area contributed by atoms with Gasteiger partial charge in [0, 0.05) is 228 Å². The highest BCUT2D eigenvalue weighted by molar-refractivity contribution is 6.30. The van der Waals surface area contributed by atoms with E-state index in [4.69, 9.17) is 11.6 Å². The number of alkyl halides is 3. The Labute approximate surface area is 840 Å². The molecular weight excluding hydrogens is 1880 g/mol. The van der Waals surface area contributed by atoms with Gasteiger partial charge in [-0.2, -0.15) is 33.6 Å². The van der Waals surface area contributed by atoms with Crippen LogP contribution < -0.4 is 0 Å². The van der Waals surface area contributed by atoms with Crippen LogP contribution in [0, 0.1) is 29.1 Å². The van der Waals surface area contributed by atoms with Crippen LogP contribution in [0.1, 0.15) is 69.0 Å². The number of fused-ring (bicyclic) bond motifs is 4. The summed E-state index contributed by atoms with van der Waals surface area (Å²) in [5.41, 5.74) is 17.1. The molecule has 0 unspecified atom stereocenters. The van der Waals surface area contributed by atoms with Crippen molar-refractivity contribution < 1.29 is 35.1 Å². The Hall–Kier alpha value is -15.9. The van der Waals surface area contributed by atoms with Crippen molar-refractivity contribution in [2.75, 3.05) is 79.5 Å². The summed E-state index contributed by atoms with van der Waals surface area (Å²) in [6.07, 6.45) is 41.3. The van der Waals surface area contributed by atoms with E-state index in [2.05, 4.69) is 143 Å². The zero-order valence-corrected chi connectivity index (χ0v) is 80.5. The SMILES string of the molecule is CN1CCC(n2cc(-c3cncc(-c4cc(-c5cc(C(F)(F)F)ccc5F)nc5ncccc45)c3)cn2)CC1.CN1CCC(n2cc(-c3cncc(-c4cc(-c5cc(Cl)ccc5F)nc5ncccc45)c3)cn2)CC1.Fc1ccc(F)c(-c2cc(-c3cncc(-c4cnn(CCN5CCCC5)c4)c3)c3cccnc3n2)c1.Fc1ccccc1-c1cc(-c2cncc(-c3cnn(CCN4CCCC4)c3)c2)c2cccnc2n1. The number of benzene rings is 4. The first-order valence-corrected chi connectivity index (χ1v) is 48.9. The van der Waals surface area contributed by atoms with Gasteiger partial charge in [-0.3, -0.25) is 38.7 Å². The van der Waals surface area contributed by atoms with Crippen molar-refractivity contribution >= 4 is 55.7 Å². The maximum Gasteiger partial charge on any atom is 0.416 e. The minimum atomic E-state index is -4.61. The van der Waals surface area contributed by atoms with Crippen LogP contribution in [0.25, 0.3) is 178 Å². The van der Waals surface area contributed by atoms with Crippen molar-refractivity contribution in [1.29, 1.82) is 0 Å². The Kier molecular flexibility index (Phi) is 28.3. The van der Waals surface area contributed by atoms with E-state index in [-0.39, 0.29) is 28.5 Å². The molecule has 24 nitrogen and oxygen atoms in total. The topological polar surface area (TPSA) is 239 Å². The summed E-state index contributed by atoms with van der Waals surface area (Å²) in [5, 5.41) is 22.1. The Bertz CT molecular complexity index is 8120. The molecule has 732 valence electrons. The molecule has 146 heavy (non-hydrogen) atoms. The van der Waals surface area contributed by atoms with E-state index >= 15 is 0 Å². The number of rotatable bonds is 20. The van der Waals surface area contributed by atoms with Gasteiger partial charge in [-0.1, -0.05) is 23.7 Å².